The van der Waals surface area contributed by atoms with Gasteiger partial charge in [0, 0.05) is 29.1 Å². The summed E-state index contributed by atoms with van der Waals surface area (Å²) in [5.41, 5.74) is 4.79. The summed E-state index contributed by atoms with van der Waals surface area (Å²) in [6, 6.07) is 17.0. The van der Waals surface area contributed by atoms with Gasteiger partial charge in [-0.05, 0) is 30.7 Å². The molecule has 0 atom stereocenters. The zero-order valence-electron chi connectivity index (χ0n) is 13.5. The SMILES string of the molecule is Cc1cc(-c2cc3c(=O)cc[nH]c3nc2-c2ccccc2)cc(Cl)n1. The smallest absolute Gasteiger partial charge is 0.191 e. The van der Waals surface area contributed by atoms with Crippen LogP contribution in [0.5, 0.6) is 0 Å². The number of hydrogen-bond acceptors (Lipinski definition) is 3. The lowest BCUT2D eigenvalue weighted by Crippen LogP contribution is -2.03. The molecule has 0 spiro atoms. The molecule has 4 aromatic rings. The van der Waals surface area contributed by atoms with Crippen molar-refractivity contribution in [1.29, 1.82) is 0 Å². The molecule has 0 saturated carbocycles. The summed E-state index contributed by atoms with van der Waals surface area (Å²) in [6.07, 6.45) is 1.61. The molecule has 4 nitrogen and oxygen atoms in total. The van der Waals surface area contributed by atoms with Crippen LogP contribution < -0.4 is 5.43 Å². The first kappa shape index (κ1) is 15.5. The van der Waals surface area contributed by atoms with Crippen LogP contribution in [0.4, 0.5) is 0 Å². The van der Waals surface area contributed by atoms with Gasteiger partial charge in [-0.15, -0.1) is 0 Å². The molecular formula is C20H14ClN3O. The van der Waals surface area contributed by atoms with Crippen LogP contribution in [0.1, 0.15) is 5.69 Å². The number of aromatic nitrogens is 3. The summed E-state index contributed by atoms with van der Waals surface area (Å²) in [5.74, 6) is 0. The second kappa shape index (κ2) is 6.15. The first-order valence-corrected chi connectivity index (χ1v) is 8.22. The van der Waals surface area contributed by atoms with Gasteiger partial charge in [-0.25, -0.2) is 9.97 Å². The van der Waals surface area contributed by atoms with Gasteiger partial charge in [0.2, 0.25) is 0 Å². The molecule has 0 aliphatic heterocycles. The van der Waals surface area contributed by atoms with E-state index in [4.69, 9.17) is 16.6 Å². The van der Waals surface area contributed by atoms with Crippen molar-refractivity contribution in [2.24, 2.45) is 0 Å². The molecule has 0 aliphatic rings. The fourth-order valence-electron chi connectivity index (χ4n) is 2.92. The van der Waals surface area contributed by atoms with E-state index in [1.54, 1.807) is 12.3 Å². The third-order valence-corrected chi connectivity index (χ3v) is 4.22. The minimum Gasteiger partial charge on any atom is -0.346 e. The standard InChI is InChI=1S/C20H14ClN3O/c1-12-9-14(10-18(21)23-12)15-11-16-17(25)7-8-22-20(16)24-19(15)13-5-3-2-4-6-13/h2-11H,1H3,(H,22,24,25). The van der Waals surface area contributed by atoms with Crippen molar-refractivity contribution >= 4 is 22.6 Å². The third kappa shape index (κ3) is 2.92. The Hall–Kier alpha value is -2.98. The zero-order valence-corrected chi connectivity index (χ0v) is 14.2. The Labute approximate surface area is 149 Å². The topological polar surface area (TPSA) is 58.6 Å². The van der Waals surface area contributed by atoms with Crippen molar-refractivity contribution in [3.63, 3.8) is 0 Å². The fourth-order valence-corrected chi connectivity index (χ4v) is 3.17. The van der Waals surface area contributed by atoms with Crippen molar-refractivity contribution in [3.8, 4) is 22.4 Å². The molecule has 0 bridgehead atoms. The molecule has 0 amide bonds. The van der Waals surface area contributed by atoms with E-state index < -0.39 is 0 Å². The summed E-state index contributed by atoms with van der Waals surface area (Å²) >= 11 is 6.15. The number of rotatable bonds is 2. The first-order valence-electron chi connectivity index (χ1n) is 7.84. The summed E-state index contributed by atoms with van der Waals surface area (Å²) in [7, 11) is 0. The first-order chi connectivity index (χ1) is 12.1. The lowest BCUT2D eigenvalue weighted by molar-refractivity contribution is 1.20. The number of pyridine rings is 3. The Morgan fingerprint density at radius 1 is 0.960 bits per heavy atom. The lowest BCUT2D eigenvalue weighted by Gasteiger charge is -2.12. The molecule has 0 unspecified atom stereocenters. The number of nitrogens with one attached hydrogen (secondary N) is 1. The molecule has 4 rings (SSSR count). The average molecular weight is 348 g/mol. The van der Waals surface area contributed by atoms with Gasteiger partial charge in [0.15, 0.2) is 5.43 Å². The number of benzene rings is 1. The van der Waals surface area contributed by atoms with E-state index in [1.807, 2.05) is 49.4 Å². The van der Waals surface area contributed by atoms with Gasteiger partial charge in [-0.3, -0.25) is 4.79 Å². The lowest BCUT2D eigenvalue weighted by atomic mass is 9.98. The van der Waals surface area contributed by atoms with E-state index in [-0.39, 0.29) is 5.43 Å². The fraction of sp³-hybridized carbons (Fsp3) is 0.0500. The number of aromatic amines is 1. The Kier molecular flexibility index (Phi) is 3.82. The number of fused-ring (bicyclic) bond motifs is 1. The van der Waals surface area contributed by atoms with E-state index in [0.29, 0.717) is 16.2 Å². The monoisotopic (exact) mass is 347 g/mol. The largest absolute Gasteiger partial charge is 0.346 e. The van der Waals surface area contributed by atoms with Gasteiger partial charge in [0.05, 0.1) is 11.1 Å². The number of nitrogens with zero attached hydrogens (tertiary/aromatic N) is 2. The predicted octanol–water partition coefficient (Wildman–Crippen LogP) is 4.61. The Bertz CT molecular complexity index is 1120. The molecule has 5 heteroatoms. The molecule has 0 fully saturated rings. The molecule has 1 N–H and O–H groups in total. The minimum atomic E-state index is -0.0704. The van der Waals surface area contributed by atoms with Gasteiger partial charge in [0.25, 0.3) is 0 Å². The Balaban J connectivity index is 2.10. The highest BCUT2D eigenvalue weighted by atomic mass is 35.5. The van der Waals surface area contributed by atoms with Crippen molar-refractivity contribution < 1.29 is 0 Å². The zero-order chi connectivity index (χ0) is 17.4. The molecule has 3 aromatic heterocycles. The van der Waals surface area contributed by atoms with Crippen LogP contribution in [0.25, 0.3) is 33.4 Å². The number of halogens is 1. The van der Waals surface area contributed by atoms with Gasteiger partial charge in [0.1, 0.15) is 10.8 Å². The van der Waals surface area contributed by atoms with Crippen LogP contribution in [-0.2, 0) is 0 Å². The highest BCUT2D eigenvalue weighted by Crippen LogP contribution is 2.33. The van der Waals surface area contributed by atoms with Gasteiger partial charge in [-0.1, -0.05) is 41.9 Å². The van der Waals surface area contributed by atoms with Gasteiger partial charge >= 0.3 is 0 Å². The highest BCUT2D eigenvalue weighted by Gasteiger charge is 2.14. The summed E-state index contributed by atoms with van der Waals surface area (Å²) in [4.78, 5) is 24.2. The Morgan fingerprint density at radius 3 is 2.52 bits per heavy atom. The van der Waals surface area contributed by atoms with Crippen molar-refractivity contribution in [1.82, 2.24) is 15.0 Å². The summed E-state index contributed by atoms with van der Waals surface area (Å²) in [6.45, 7) is 1.89. The molecule has 0 saturated heterocycles. The van der Waals surface area contributed by atoms with E-state index in [1.165, 1.54) is 6.07 Å². The Morgan fingerprint density at radius 2 is 1.76 bits per heavy atom. The van der Waals surface area contributed by atoms with Crippen LogP contribution in [0.15, 0.2) is 65.6 Å². The maximum atomic E-state index is 12.2. The van der Waals surface area contributed by atoms with Crippen LogP contribution >= 0.6 is 11.6 Å². The minimum absolute atomic E-state index is 0.0704. The molecule has 0 radical (unpaired) electrons. The number of aryl methyl sites for hydroxylation is 1. The highest BCUT2D eigenvalue weighted by molar-refractivity contribution is 6.29. The second-order valence-electron chi connectivity index (χ2n) is 5.81. The van der Waals surface area contributed by atoms with Gasteiger partial charge < -0.3 is 4.98 Å². The van der Waals surface area contributed by atoms with Gasteiger partial charge in [-0.2, -0.15) is 0 Å². The maximum absolute atomic E-state index is 12.2. The second-order valence-corrected chi connectivity index (χ2v) is 6.20. The third-order valence-electron chi connectivity index (χ3n) is 4.02. The molecular weight excluding hydrogens is 334 g/mol. The molecule has 122 valence electrons. The van der Waals surface area contributed by atoms with E-state index in [2.05, 4.69) is 9.97 Å². The van der Waals surface area contributed by atoms with Crippen LogP contribution in [0.2, 0.25) is 5.15 Å². The normalized spacial score (nSPS) is 11.0. The average Bonchev–Trinajstić information content (AvgIpc) is 2.61. The number of H-pyrrole nitrogens is 1. The maximum Gasteiger partial charge on any atom is 0.191 e. The summed E-state index contributed by atoms with van der Waals surface area (Å²) in [5, 5.41) is 0.957. The van der Waals surface area contributed by atoms with Crippen molar-refractivity contribution in [2.45, 2.75) is 6.92 Å². The van der Waals surface area contributed by atoms with Crippen molar-refractivity contribution in [2.75, 3.05) is 0 Å². The molecule has 3 heterocycles. The summed E-state index contributed by atoms with van der Waals surface area (Å²) < 4.78 is 0. The van der Waals surface area contributed by atoms with E-state index in [9.17, 15) is 4.79 Å². The van der Waals surface area contributed by atoms with Crippen LogP contribution in [0, 0.1) is 6.92 Å². The van der Waals surface area contributed by atoms with Crippen LogP contribution in [0.3, 0.4) is 0 Å². The van der Waals surface area contributed by atoms with E-state index in [0.717, 1.165) is 28.1 Å². The quantitative estimate of drug-likeness (QED) is 0.538. The van der Waals surface area contributed by atoms with Crippen LogP contribution in [-0.4, -0.2) is 15.0 Å². The molecule has 25 heavy (non-hydrogen) atoms. The van der Waals surface area contributed by atoms with Crippen molar-refractivity contribution in [3.05, 3.63) is 81.9 Å². The predicted molar refractivity (Wildman–Crippen MR) is 101 cm³/mol. The number of hydrogen-bond donors (Lipinski definition) is 1. The van der Waals surface area contributed by atoms with E-state index >= 15 is 0 Å². The molecule has 1 aromatic carbocycles. The molecule has 0 aliphatic carbocycles.